The van der Waals surface area contributed by atoms with E-state index in [1.165, 1.54) is 31.7 Å². The molecule has 0 spiro atoms. The Labute approximate surface area is 101 Å². The van der Waals surface area contributed by atoms with Crippen molar-refractivity contribution in [3.05, 3.63) is 71.8 Å². The van der Waals surface area contributed by atoms with Crippen molar-refractivity contribution in [3.63, 3.8) is 0 Å². The van der Waals surface area contributed by atoms with Gasteiger partial charge in [0.1, 0.15) is 0 Å². The van der Waals surface area contributed by atoms with Gasteiger partial charge in [0.15, 0.2) is 0 Å². The fraction of sp³-hybridized carbons (Fsp3) is 0.143. The Hall–Kier alpha value is -0.700. The first-order valence-corrected chi connectivity index (χ1v) is 10.3. The Morgan fingerprint density at radius 3 is 1.94 bits per heavy atom. The molecule has 2 aromatic rings. The van der Waals surface area contributed by atoms with E-state index in [0.29, 0.717) is 0 Å². The first-order valence-electron chi connectivity index (χ1n) is 5.74. The Balaban J connectivity index is 1.70. The van der Waals surface area contributed by atoms with Crippen LogP contribution in [0.25, 0.3) is 0 Å². The second kappa shape index (κ2) is 6.79. The maximum absolute atomic E-state index is 2.25. The zero-order valence-corrected chi connectivity index (χ0v) is 11.8. The quantitative estimate of drug-likeness (QED) is 0.551. The standard InChI is InChI=1S/C14H18P2/c1-3-7-13(8-4-1)11-15-16-12-14-9-5-2-6-10-14/h1-10,15H,11-12H2,16H3. The van der Waals surface area contributed by atoms with Crippen LogP contribution in [-0.2, 0) is 12.3 Å². The average Bonchev–Trinajstić information content (AvgIpc) is 2.37. The third-order valence-electron chi connectivity index (χ3n) is 2.61. The second-order valence-corrected chi connectivity index (χ2v) is 8.75. The summed E-state index contributed by atoms with van der Waals surface area (Å²) in [6.07, 6.45) is 2.64. The van der Waals surface area contributed by atoms with Gasteiger partial charge in [-0.05, 0) is 0 Å². The molecule has 1 atom stereocenters. The zero-order chi connectivity index (χ0) is 11.1. The van der Waals surface area contributed by atoms with Gasteiger partial charge >= 0.3 is 101 Å². The van der Waals surface area contributed by atoms with Crippen LogP contribution >= 0.6 is 16.5 Å². The fourth-order valence-electron chi connectivity index (χ4n) is 1.71. The molecule has 0 saturated carbocycles. The van der Waals surface area contributed by atoms with Gasteiger partial charge in [-0.2, -0.15) is 0 Å². The Morgan fingerprint density at radius 2 is 1.31 bits per heavy atom. The molecule has 0 N–H and O–H groups in total. The summed E-state index contributed by atoms with van der Waals surface area (Å²) < 4.78 is 0. The first kappa shape index (κ1) is 11.8. The fourth-order valence-corrected chi connectivity index (χ4v) is 6.00. The molecule has 0 aliphatic carbocycles. The summed E-state index contributed by atoms with van der Waals surface area (Å²) in [5.74, 6) is 0. The molecular formula is C14H18P2. The molecule has 0 aliphatic rings. The summed E-state index contributed by atoms with van der Waals surface area (Å²) in [6.45, 7) is 0. The van der Waals surface area contributed by atoms with Crippen LogP contribution in [0.3, 0.4) is 0 Å². The zero-order valence-electron chi connectivity index (χ0n) is 9.39. The molecule has 0 amide bonds. The minimum atomic E-state index is 0.0970. The van der Waals surface area contributed by atoms with Crippen LogP contribution in [0.1, 0.15) is 11.1 Å². The molecule has 0 fully saturated rings. The average molecular weight is 248 g/mol. The van der Waals surface area contributed by atoms with Crippen molar-refractivity contribution in [2.24, 2.45) is 0 Å². The third kappa shape index (κ3) is 4.05. The number of hydrogen-bond donors (Lipinski definition) is 0. The molecule has 0 bridgehead atoms. The summed E-state index contributed by atoms with van der Waals surface area (Å²) in [5.41, 5.74) is 3.02. The molecule has 16 heavy (non-hydrogen) atoms. The molecular weight excluding hydrogens is 230 g/mol. The molecule has 84 valence electrons. The van der Waals surface area contributed by atoms with Crippen LogP contribution in [0, 0.1) is 0 Å². The van der Waals surface area contributed by atoms with Gasteiger partial charge in [-0.15, -0.1) is 0 Å². The number of benzene rings is 2. The van der Waals surface area contributed by atoms with Crippen LogP contribution in [0.5, 0.6) is 0 Å². The van der Waals surface area contributed by atoms with Gasteiger partial charge in [0.2, 0.25) is 0 Å². The van der Waals surface area contributed by atoms with E-state index in [1.807, 2.05) is 0 Å². The van der Waals surface area contributed by atoms with Gasteiger partial charge in [-0.3, -0.25) is 0 Å². The summed E-state index contributed by atoms with van der Waals surface area (Å²) in [6, 6.07) is 21.7. The number of rotatable bonds is 5. The molecule has 2 aromatic carbocycles. The molecule has 0 aromatic heterocycles. The van der Waals surface area contributed by atoms with Gasteiger partial charge in [-0.1, -0.05) is 0 Å². The Kier molecular flexibility index (Phi) is 5.00. The molecule has 0 heterocycles. The van der Waals surface area contributed by atoms with E-state index in [1.54, 1.807) is 0 Å². The Bertz CT molecular complexity index is 356. The van der Waals surface area contributed by atoms with E-state index in [9.17, 15) is 0 Å². The van der Waals surface area contributed by atoms with Gasteiger partial charge in [-0.25, -0.2) is 0 Å². The molecule has 0 aliphatic heterocycles. The van der Waals surface area contributed by atoms with E-state index in [-0.39, 0.29) is 8.27 Å². The van der Waals surface area contributed by atoms with E-state index < -0.39 is 0 Å². The first-order chi connectivity index (χ1) is 7.95. The molecule has 2 rings (SSSR count). The summed E-state index contributed by atoms with van der Waals surface area (Å²) in [5, 5.41) is 0. The van der Waals surface area contributed by atoms with Gasteiger partial charge in [0.05, 0.1) is 0 Å². The van der Waals surface area contributed by atoms with Crippen molar-refractivity contribution in [1.29, 1.82) is 0 Å². The SMILES string of the molecule is c1ccc(CP[PH3]Cc2ccccc2)cc1. The van der Waals surface area contributed by atoms with E-state index in [4.69, 9.17) is 0 Å². The summed E-state index contributed by atoms with van der Waals surface area (Å²) in [4.78, 5) is 0. The van der Waals surface area contributed by atoms with Gasteiger partial charge in [0.25, 0.3) is 0 Å². The normalized spacial score (nSPS) is 11.2. The number of hydrogen-bond acceptors (Lipinski definition) is 0. The van der Waals surface area contributed by atoms with Crippen molar-refractivity contribution in [2.75, 3.05) is 0 Å². The van der Waals surface area contributed by atoms with E-state index in [2.05, 4.69) is 60.7 Å². The van der Waals surface area contributed by atoms with E-state index in [0.717, 1.165) is 0 Å². The second-order valence-electron chi connectivity index (χ2n) is 3.90. The molecule has 0 saturated heterocycles. The Morgan fingerprint density at radius 1 is 0.750 bits per heavy atom. The van der Waals surface area contributed by atoms with Crippen LogP contribution in [0.4, 0.5) is 0 Å². The van der Waals surface area contributed by atoms with Crippen molar-refractivity contribution < 1.29 is 0 Å². The molecule has 1 unspecified atom stereocenters. The van der Waals surface area contributed by atoms with E-state index >= 15 is 0 Å². The molecule has 2 heteroatoms. The molecule has 0 nitrogen and oxygen atoms in total. The minimum absolute atomic E-state index is 0.0970. The van der Waals surface area contributed by atoms with Crippen LogP contribution < -0.4 is 0 Å². The van der Waals surface area contributed by atoms with Crippen LogP contribution in [-0.4, -0.2) is 0 Å². The maximum atomic E-state index is 2.25. The van der Waals surface area contributed by atoms with Crippen molar-refractivity contribution in [3.8, 4) is 0 Å². The topological polar surface area (TPSA) is 0 Å². The van der Waals surface area contributed by atoms with Crippen molar-refractivity contribution in [2.45, 2.75) is 12.3 Å². The van der Waals surface area contributed by atoms with Gasteiger partial charge in [0, 0.05) is 0 Å². The summed E-state index contributed by atoms with van der Waals surface area (Å²) >= 11 is 0. The summed E-state index contributed by atoms with van der Waals surface area (Å²) in [7, 11) is 1.27. The monoisotopic (exact) mass is 248 g/mol. The van der Waals surface area contributed by atoms with Crippen LogP contribution in [0.2, 0.25) is 0 Å². The van der Waals surface area contributed by atoms with Crippen molar-refractivity contribution >= 4 is 16.5 Å². The van der Waals surface area contributed by atoms with Crippen molar-refractivity contribution in [1.82, 2.24) is 0 Å². The predicted octanol–water partition coefficient (Wildman–Crippen LogP) is 4.12. The van der Waals surface area contributed by atoms with Crippen LogP contribution in [0.15, 0.2) is 60.7 Å². The predicted molar refractivity (Wildman–Crippen MR) is 79.7 cm³/mol. The molecule has 0 radical (unpaired) electrons. The third-order valence-corrected chi connectivity index (χ3v) is 7.01. The van der Waals surface area contributed by atoms with Gasteiger partial charge < -0.3 is 0 Å².